The fraction of sp³-hybridized carbons (Fsp3) is 0. The first-order valence-corrected chi connectivity index (χ1v) is 3.62. The van der Waals surface area contributed by atoms with Gasteiger partial charge in [-0.1, -0.05) is 0 Å². The third kappa shape index (κ3) is 1.12. The Hall–Kier alpha value is -1.97. The molecule has 0 atom stereocenters. The van der Waals surface area contributed by atoms with Gasteiger partial charge in [0.25, 0.3) is 0 Å². The lowest BCUT2D eigenvalue weighted by Gasteiger charge is -1.97. The minimum Gasteiger partial charge on any atom is -0.508 e. The monoisotopic (exact) mass is 178 g/mol. The molecule has 0 fully saturated rings. The lowest BCUT2D eigenvalue weighted by atomic mass is 10.2. The number of phenols is 1. The van der Waals surface area contributed by atoms with E-state index in [1.807, 2.05) is 0 Å². The van der Waals surface area contributed by atoms with Crippen molar-refractivity contribution in [3.8, 4) is 11.5 Å². The summed E-state index contributed by atoms with van der Waals surface area (Å²) in [5.41, 5.74) is -0.246. The molecule has 0 radical (unpaired) electrons. The van der Waals surface area contributed by atoms with Gasteiger partial charge in [-0.05, 0) is 12.1 Å². The average Bonchev–Trinajstić information content (AvgIpc) is 2.12. The smallest absolute Gasteiger partial charge is 0.234 e. The quantitative estimate of drug-likeness (QED) is 0.635. The maximum Gasteiger partial charge on any atom is 0.234 e. The number of fused-ring (bicyclic) bond motifs is 1. The number of hydrogen-bond donors (Lipinski definition) is 2. The van der Waals surface area contributed by atoms with Crippen LogP contribution >= 0.6 is 0 Å². The van der Waals surface area contributed by atoms with Crippen molar-refractivity contribution >= 4 is 11.0 Å². The van der Waals surface area contributed by atoms with Gasteiger partial charge in [0.05, 0.1) is 5.39 Å². The molecule has 1 aromatic heterocycles. The lowest BCUT2D eigenvalue weighted by molar-refractivity contribution is 0.440. The van der Waals surface area contributed by atoms with Crippen LogP contribution in [0.4, 0.5) is 0 Å². The Balaban J connectivity index is 2.95. The maximum atomic E-state index is 11.2. The number of rotatable bonds is 0. The van der Waals surface area contributed by atoms with Crippen LogP contribution in [-0.4, -0.2) is 10.2 Å². The van der Waals surface area contributed by atoms with Crippen molar-refractivity contribution in [3.05, 3.63) is 34.7 Å². The molecule has 0 unspecified atom stereocenters. The minimum atomic E-state index is -0.499. The van der Waals surface area contributed by atoms with Crippen molar-refractivity contribution in [2.45, 2.75) is 0 Å². The Labute approximate surface area is 72.7 Å². The van der Waals surface area contributed by atoms with Crippen LogP contribution in [0.5, 0.6) is 11.5 Å². The normalized spacial score (nSPS) is 10.5. The van der Waals surface area contributed by atoms with Crippen LogP contribution < -0.4 is 5.43 Å². The van der Waals surface area contributed by atoms with Crippen LogP contribution in [0.2, 0.25) is 0 Å². The van der Waals surface area contributed by atoms with Crippen molar-refractivity contribution in [1.29, 1.82) is 0 Å². The molecule has 0 saturated heterocycles. The van der Waals surface area contributed by atoms with E-state index < -0.39 is 11.2 Å². The summed E-state index contributed by atoms with van der Waals surface area (Å²) in [4.78, 5) is 11.2. The molecule has 1 heterocycles. The molecule has 0 aliphatic carbocycles. The fourth-order valence-corrected chi connectivity index (χ4v) is 1.11. The fourth-order valence-electron chi connectivity index (χ4n) is 1.11. The van der Waals surface area contributed by atoms with E-state index in [0.717, 1.165) is 6.26 Å². The zero-order valence-corrected chi connectivity index (χ0v) is 6.52. The molecule has 4 nitrogen and oxygen atoms in total. The Morgan fingerprint density at radius 1 is 1.23 bits per heavy atom. The zero-order valence-electron chi connectivity index (χ0n) is 6.52. The van der Waals surface area contributed by atoms with Gasteiger partial charge < -0.3 is 14.6 Å². The Morgan fingerprint density at radius 2 is 2.00 bits per heavy atom. The Kier molecular flexibility index (Phi) is 1.48. The molecular weight excluding hydrogens is 172 g/mol. The van der Waals surface area contributed by atoms with E-state index in [1.54, 1.807) is 0 Å². The highest BCUT2D eigenvalue weighted by Gasteiger charge is 2.05. The summed E-state index contributed by atoms with van der Waals surface area (Å²) in [6.07, 6.45) is 0.949. The van der Waals surface area contributed by atoms with E-state index in [0.29, 0.717) is 0 Å². The Morgan fingerprint density at radius 3 is 2.77 bits per heavy atom. The first-order chi connectivity index (χ1) is 6.18. The van der Waals surface area contributed by atoms with E-state index in [-0.39, 0.29) is 16.7 Å². The molecular formula is C9H6O4. The molecule has 0 aliphatic heterocycles. The van der Waals surface area contributed by atoms with Gasteiger partial charge in [0, 0.05) is 6.07 Å². The molecule has 1 aromatic carbocycles. The molecule has 13 heavy (non-hydrogen) atoms. The van der Waals surface area contributed by atoms with Crippen molar-refractivity contribution in [2.24, 2.45) is 0 Å². The van der Waals surface area contributed by atoms with Gasteiger partial charge in [-0.15, -0.1) is 0 Å². The summed E-state index contributed by atoms with van der Waals surface area (Å²) in [5.74, 6) is -0.417. The van der Waals surface area contributed by atoms with E-state index in [9.17, 15) is 4.79 Å². The summed E-state index contributed by atoms with van der Waals surface area (Å²) < 4.78 is 4.89. The highest BCUT2D eigenvalue weighted by atomic mass is 16.3. The van der Waals surface area contributed by atoms with Gasteiger partial charge >= 0.3 is 0 Å². The molecule has 2 rings (SSSR count). The van der Waals surface area contributed by atoms with Crippen molar-refractivity contribution in [1.82, 2.24) is 0 Å². The molecule has 0 saturated carbocycles. The van der Waals surface area contributed by atoms with Gasteiger partial charge in [-0.25, -0.2) is 0 Å². The van der Waals surface area contributed by atoms with Gasteiger partial charge in [-0.3, -0.25) is 4.79 Å². The SMILES string of the molecule is O=c1c(O)coc2cc(O)ccc12. The largest absolute Gasteiger partial charge is 0.508 e. The highest BCUT2D eigenvalue weighted by Crippen LogP contribution is 2.18. The second kappa shape index (κ2) is 2.52. The summed E-state index contributed by atoms with van der Waals surface area (Å²) in [6, 6.07) is 4.07. The molecule has 0 bridgehead atoms. The van der Waals surface area contributed by atoms with Crippen LogP contribution in [0.25, 0.3) is 11.0 Å². The number of benzene rings is 1. The van der Waals surface area contributed by atoms with Gasteiger partial charge in [0.2, 0.25) is 5.43 Å². The van der Waals surface area contributed by atoms with Crippen LogP contribution in [-0.2, 0) is 0 Å². The maximum absolute atomic E-state index is 11.2. The average molecular weight is 178 g/mol. The second-order valence-electron chi connectivity index (χ2n) is 2.63. The van der Waals surface area contributed by atoms with E-state index in [4.69, 9.17) is 14.6 Å². The highest BCUT2D eigenvalue weighted by molar-refractivity contribution is 5.78. The Bertz CT molecular complexity index is 512. The summed E-state index contributed by atoms with van der Waals surface area (Å²) in [5, 5.41) is 18.3. The van der Waals surface area contributed by atoms with Gasteiger partial charge in [0.1, 0.15) is 17.6 Å². The number of aromatic hydroxyl groups is 2. The predicted octanol–water partition coefficient (Wildman–Crippen LogP) is 1.20. The summed E-state index contributed by atoms with van der Waals surface area (Å²) in [6.45, 7) is 0. The van der Waals surface area contributed by atoms with Crippen LogP contribution in [0.1, 0.15) is 0 Å². The van der Waals surface area contributed by atoms with Gasteiger partial charge in [-0.2, -0.15) is 0 Å². The van der Waals surface area contributed by atoms with E-state index in [2.05, 4.69) is 0 Å². The number of phenolic OH excluding ortho intramolecular Hbond substituents is 1. The van der Waals surface area contributed by atoms with Crippen LogP contribution in [0.3, 0.4) is 0 Å². The summed E-state index contributed by atoms with van der Waals surface area (Å²) in [7, 11) is 0. The lowest BCUT2D eigenvalue weighted by Crippen LogP contribution is -1.99. The van der Waals surface area contributed by atoms with Crippen molar-refractivity contribution in [3.63, 3.8) is 0 Å². The summed E-state index contributed by atoms with van der Waals surface area (Å²) >= 11 is 0. The standard InChI is InChI=1S/C9H6O4/c10-5-1-2-6-8(3-5)13-4-7(11)9(6)12/h1-4,10-11H. The molecule has 0 aliphatic rings. The first kappa shape index (κ1) is 7.67. The van der Waals surface area contributed by atoms with Crippen LogP contribution in [0.15, 0.2) is 33.7 Å². The molecule has 0 spiro atoms. The third-order valence-electron chi connectivity index (χ3n) is 1.74. The third-order valence-corrected chi connectivity index (χ3v) is 1.74. The molecule has 2 aromatic rings. The van der Waals surface area contributed by atoms with E-state index >= 15 is 0 Å². The minimum absolute atomic E-state index is 0.0151. The zero-order chi connectivity index (χ0) is 9.42. The van der Waals surface area contributed by atoms with Crippen LogP contribution in [0, 0.1) is 0 Å². The topological polar surface area (TPSA) is 70.7 Å². The molecule has 2 N–H and O–H groups in total. The number of hydrogen-bond acceptors (Lipinski definition) is 4. The van der Waals surface area contributed by atoms with Crippen molar-refractivity contribution < 1.29 is 14.6 Å². The van der Waals surface area contributed by atoms with Gasteiger partial charge in [0.15, 0.2) is 5.75 Å². The molecule has 0 amide bonds. The molecule has 4 heteroatoms. The van der Waals surface area contributed by atoms with E-state index in [1.165, 1.54) is 18.2 Å². The second-order valence-corrected chi connectivity index (χ2v) is 2.63. The van der Waals surface area contributed by atoms with Crippen molar-refractivity contribution in [2.75, 3.05) is 0 Å². The first-order valence-electron chi connectivity index (χ1n) is 3.62. The molecule has 66 valence electrons. The predicted molar refractivity (Wildman–Crippen MR) is 45.8 cm³/mol.